The third-order valence-corrected chi connectivity index (χ3v) is 7.59. The first-order valence-corrected chi connectivity index (χ1v) is 12.7. The number of hydrogen-bond donors (Lipinski definition) is 0. The van der Waals surface area contributed by atoms with Gasteiger partial charge in [0.2, 0.25) is 5.91 Å². The Morgan fingerprint density at radius 1 is 1.14 bits per heavy atom. The molecule has 0 atom stereocenters. The topological polar surface area (TPSA) is 77.3 Å². The highest BCUT2D eigenvalue weighted by atomic mass is 79.9. The van der Waals surface area contributed by atoms with E-state index in [1.165, 1.54) is 16.2 Å². The van der Waals surface area contributed by atoms with Gasteiger partial charge in [0.1, 0.15) is 24.5 Å². The maximum atomic E-state index is 13.2. The first-order chi connectivity index (χ1) is 17.2. The summed E-state index contributed by atoms with van der Waals surface area (Å²) in [7, 11) is 0. The summed E-state index contributed by atoms with van der Waals surface area (Å²) in [6.45, 7) is 0.257. The number of benzene rings is 1. The average Bonchev–Trinajstić information content (AvgIpc) is 3.52. The molecule has 4 rings (SSSR count). The van der Waals surface area contributed by atoms with Crippen LogP contribution in [0.25, 0.3) is 0 Å². The summed E-state index contributed by atoms with van der Waals surface area (Å²) in [5.41, 5.74) is -0.449. The van der Waals surface area contributed by atoms with Crippen LogP contribution in [0.3, 0.4) is 0 Å². The van der Waals surface area contributed by atoms with Crippen LogP contribution in [-0.2, 0) is 22.7 Å². The standard InChI is InChI=1S/C23H21BrF4N4O3S/c24-15-4-2-1-3-14(15)11-35-23(34)17-12-36-22(29-17)13-5-7-31(8-6-13)19(33)10-32-18(21(27)28)9-16(30-32)20(25)26/h1-4,9,12-13,20-21H,5-8,10-11H2. The van der Waals surface area contributed by atoms with Crippen molar-refractivity contribution in [3.05, 3.63) is 67.8 Å². The number of piperidine rings is 1. The van der Waals surface area contributed by atoms with Crippen LogP contribution < -0.4 is 0 Å². The molecule has 36 heavy (non-hydrogen) atoms. The zero-order valence-corrected chi connectivity index (χ0v) is 21.2. The number of nitrogens with zero attached hydrogens (tertiary/aromatic N) is 4. The van der Waals surface area contributed by atoms with Gasteiger partial charge in [0.25, 0.3) is 12.9 Å². The van der Waals surface area contributed by atoms with Gasteiger partial charge < -0.3 is 9.64 Å². The Bertz CT molecular complexity index is 1230. The molecule has 3 aromatic rings. The average molecular weight is 589 g/mol. The van der Waals surface area contributed by atoms with Crippen LogP contribution in [0.15, 0.2) is 40.2 Å². The lowest BCUT2D eigenvalue weighted by atomic mass is 9.97. The largest absolute Gasteiger partial charge is 0.456 e. The Morgan fingerprint density at radius 2 is 1.86 bits per heavy atom. The van der Waals surface area contributed by atoms with Crippen LogP contribution >= 0.6 is 27.3 Å². The van der Waals surface area contributed by atoms with Gasteiger partial charge in [0.15, 0.2) is 5.69 Å². The summed E-state index contributed by atoms with van der Waals surface area (Å²) in [4.78, 5) is 30.9. The van der Waals surface area contributed by atoms with Gasteiger partial charge in [0.05, 0.1) is 5.01 Å². The van der Waals surface area contributed by atoms with Gasteiger partial charge >= 0.3 is 5.97 Å². The van der Waals surface area contributed by atoms with Crippen molar-refractivity contribution in [2.45, 2.75) is 44.8 Å². The molecule has 1 aliphatic rings. The third kappa shape index (κ3) is 6.12. The van der Waals surface area contributed by atoms with Crippen LogP contribution in [-0.4, -0.2) is 44.6 Å². The van der Waals surface area contributed by atoms with Gasteiger partial charge in [-0.3, -0.25) is 9.48 Å². The minimum absolute atomic E-state index is 0.0237. The first-order valence-electron chi connectivity index (χ1n) is 11.0. The fraction of sp³-hybridized carbons (Fsp3) is 0.391. The fourth-order valence-electron chi connectivity index (χ4n) is 3.87. The Morgan fingerprint density at radius 3 is 2.53 bits per heavy atom. The van der Waals surface area contributed by atoms with E-state index in [1.807, 2.05) is 24.3 Å². The van der Waals surface area contributed by atoms with Crippen molar-refractivity contribution in [2.24, 2.45) is 0 Å². The number of amides is 1. The van der Waals surface area contributed by atoms with Crippen LogP contribution in [0.2, 0.25) is 0 Å². The molecule has 0 bridgehead atoms. The van der Waals surface area contributed by atoms with Crippen molar-refractivity contribution < 1.29 is 31.9 Å². The predicted molar refractivity (Wildman–Crippen MR) is 126 cm³/mol. The summed E-state index contributed by atoms with van der Waals surface area (Å²) in [6.07, 6.45) is -4.90. The summed E-state index contributed by atoms with van der Waals surface area (Å²) < 4.78 is 58.9. The van der Waals surface area contributed by atoms with Gasteiger partial charge in [0, 0.05) is 34.4 Å². The molecule has 1 amide bonds. The first kappa shape index (κ1) is 26.3. The maximum Gasteiger partial charge on any atom is 0.358 e. The molecule has 1 fully saturated rings. The molecule has 1 aliphatic heterocycles. The quantitative estimate of drug-likeness (QED) is 0.248. The molecule has 13 heteroatoms. The number of carbonyl (C=O) groups is 2. The van der Waals surface area contributed by atoms with Crippen molar-refractivity contribution in [1.29, 1.82) is 0 Å². The molecule has 0 saturated carbocycles. The monoisotopic (exact) mass is 588 g/mol. The van der Waals surface area contributed by atoms with Crippen molar-refractivity contribution >= 4 is 39.1 Å². The summed E-state index contributed by atoms with van der Waals surface area (Å²) in [5, 5.41) is 5.86. The van der Waals surface area contributed by atoms with Crippen LogP contribution in [0.1, 0.15) is 64.1 Å². The third-order valence-electron chi connectivity index (χ3n) is 5.81. The van der Waals surface area contributed by atoms with E-state index in [1.54, 1.807) is 5.38 Å². The van der Waals surface area contributed by atoms with Crippen LogP contribution in [0, 0.1) is 0 Å². The van der Waals surface area contributed by atoms with Crippen LogP contribution in [0.5, 0.6) is 0 Å². The maximum absolute atomic E-state index is 13.2. The van der Waals surface area contributed by atoms with Crippen molar-refractivity contribution in [2.75, 3.05) is 13.1 Å². The zero-order valence-electron chi connectivity index (χ0n) is 18.8. The second-order valence-corrected chi connectivity index (χ2v) is 9.89. The zero-order chi connectivity index (χ0) is 25.8. The van der Waals surface area contributed by atoms with E-state index < -0.39 is 42.7 Å². The number of ether oxygens (including phenoxy) is 1. The Hall–Kier alpha value is -2.80. The van der Waals surface area contributed by atoms with Gasteiger partial charge in [-0.15, -0.1) is 11.3 Å². The molecule has 0 spiro atoms. The number of esters is 1. The van der Waals surface area contributed by atoms with E-state index in [-0.39, 0.29) is 18.2 Å². The van der Waals surface area contributed by atoms with Crippen LogP contribution in [0.4, 0.5) is 17.6 Å². The highest BCUT2D eigenvalue weighted by Crippen LogP contribution is 2.31. The number of carbonyl (C=O) groups excluding carboxylic acids is 2. The molecule has 0 aliphatic carbocycles. The van der Waals surface area contributed by atoms with Crippen molar-refractivity contribution in [3.63, 3.8) is 0 Å². The van der Waals surface area contributed by atoms with Gasteiger partial charge in [-0.25, -0.2) is 27.3 Å². The highest BCUT2D eigenvalue weighted by molar-refractivity contribution is 9.10. The number of aromatic nitrogens is 3. The second-order valence-electron chi connectivity index (χ2n) is 8.15. The SMILES string of the molecule is O=C(OCc1ccccc1Br)c1csc(C2CCN(C(=O)Cn3nc(C(F)F)cc3C(F)F)CC2)n1. The van der Waals surface area contributed by atoms with Gasteiger partial charge in [-0.1, -0.05) is 34.1 Å². The Labute approximate surface area is 216 Å². The number of halogens is 5. The molecular formula is C23H21BrF4N4O3S. The highest BCUT2D eigenvalue weighted by Gasteiger charge is 2.28. The molecule has 192 valence electrons. The van der Waals surface area contributed by atoms with Crippen molar-refractivity contribution in [3.8, 4) is 0 Å². The number of hydrogen-bond acceptors (Lipinski definition) is 6. The minimum atomic E-state index is -3.02. The van der Waals surface area contributed by atoms with E-state index in [0.717, 1.165) is 15.0 Å². The predicted octanol–water partition coefficient (Wildman–Crippen LogP) is 5.74. The van der Waals surface area contributed by atoms with E-state index in [2.05, 4.69) is 26.0 Å². The molecule has 1 saturated heterocycles. The Balaban J connectivity index is 1.30. The lowest BCUT2D eigenvalue weighted by molar-refractivity contribution is -0.133. The number of alkyl halides is 4. The number of likely N-dealkylation sites (tertiary alicyclic amines) is 1. The minimum Gasteiger partial charge on any atom is -0.456 e. The lowest BCUT2D eigenvalue weighted by Gasteiger charge is -2.31. The molecule has 0 N–H and O–H groups in total. The van der Waals surface area contributed by atoms with Gasteiger partial charge in [-0.2, -0.15) is 5.10 Å². The molecular weight excluding hydrogens is 568 g/mol. The molecule has 0 radical (unpaired) electrons. The van der Waals surface area contributed by atoms with E-state index in [9.17, 15) is 27.2 Å². The van der Waals surface area contributed by atoms with E-state index in [0.29, 0.717) is 36.7 Å². The van der Waals surface area contributed by atoms with E-state index in [4.69, 9.17) is 4.74 Å². The molecule has 0 unspecified atom stereocenters. The summed E-state index contributed by atoms with van der Waals surface area (Å²) >= 11 is 4.75. The van der Waals surface area contributed by atoms with Crippen molar-refractivity contribution in [1.82, 2.24) is 19.7 Å². The second kappa shape index (κ2) is 11.5. The summed E-state index contributed by atoms with van der Waals surface area (Å²) in [5.74, 6) is -0.983. The normalized spacial score (nSPS) is 14.6. The molecule has 1 aromatic carbocycles. The molecule has 2 aromatic heterocycles. The summed E-state index contributed by atoms with van der Waals surface area (Å²) in [6, 6.07) is 8.03. The van der Waals surface area contributed by atoms with E-state index >= 15 is 0 Å². The molecule has 7 nitrogen and oxygen atoms in total. The molecule has 3 heterocycles. The fourth-order valence-corrected chi connectivity index (χ4v) is 5.23. The smallest absolute Gasteiger partial charge is 0.358 e. The van der Waals surface area contributed by atoms with Gasteiger partial charge in [-0.05, 0) is 25.0 Å². The Kier molecular flexibility index (Phi) is 8.39. The number of thiazole rings is 1. The number of rotatable bonds is 8. The lowest BCUT2D eigenvalue weighted by Crippen LogP contribution is -2.40.